The molecule has 0 aliphatic carbocycles. The molecule has 0 spiro atoms. The molecule has 0 bridgehead atoms. The summed E-state index contributed by atoms with van der Waals surface area (Å²) < 4.78 is 14.8. The molecular weight excluding hydrogens is 839 g/mol. The average molecular weight is 935 g/mol. The monoisotopic (exact) mass is 935 g/mol. The normalized spacial score (nSPS) is 13.3. The third-order valence-electron chi connectivity index (χ3n) is 13.7. The van der Waals surface area contributed by atoms with Crippen LogP contribution in [0, 0.1) is 0 Å². The van der Waals surface area contributed by atoms with Gasteiger partial charge >= 0.3 is 394 Å². The summed E-state index contributed by atoms with van der Waals surface area (Å²) in [6.45, 7) is 12.5. The second-order valence-corrected chi connectivity index (χ2v) is 32.7. The van der Waals surface area contributed by atoms with E-state index in [1.165, 1.54) is 103 Å². The number of carbonyl (C=O) groups excluding carboxylic acids is 2. The average Bonchev–Trinajstić information content (AvgIpc) is 3.27. The van der Waals surface area contributed by atoms with Crippen molar-refractivity contribution in [2.24, 2.45) is 0 Å². The zero-order valence-corrected chi connectivity index (χ0v) is 45.0. The van der Waals surface area contributed by atoms with Gasteiger partial charge in [-0.3, -0.25) is 0 Å². The Balaban J connectivity index is 2.61. The molecule has 0 fully saturated rings. The summed E-state index contributed by atoms with van der Waals surface area (Å²) in [6, 6.07) is 16.2. The Labute approximate surface area is 392 Å². The second kappa shape index (κ2) is 31.8. The number of benzene rings is 2. The summed E-state index contributed by atoms with van der Waals surface area (Å²) in [6.07, 6.45) is 36.6. The van der Waals surface area contributed by atoms with Gasteiger partial charge in [-0.1, -0.05) is 0 Å². The van der Waals surface area contributed by atoms with Crippen molar-refractivity contribution in [3.8, 4) is 0 Å². The zero-order valence-electron chi connectivity index (χ0n) is 41.6. The SMILES string of the molecule is CCCCCP(CCCCC)(CCCCC)(CCCCC)OC(=O)c1ccccc1SSc1ccccc1C(=O)OP(CCCCC)(CCCCC)(CCCCC)CCCCC. The van der Waals surface area contributed by atoms with E-state index in [2.05, 4.69) is 67.5 Å². The Morgan fingerprint density at radius 1 is 0.355 bits per heavy atom. The van der Waals surface area contributed by atoms with Crippen molar-refractivity contribution in [2.75, 3.05) is 49.3 Å². The maximum atomic E-state index is 14.9. The van der Waals surface area contributed by atoms with Gasteiger partial charge in [0.2, 0.25) is 0 Å². The number of carbonyl (C=O) groups is 2. The van der Waals surface area contributed by atoms with E-state index in [1.54, 1.807) is 21.6 Å². The molecule has 0 unspecified atom stereocenters. The van der Waals surface area contributed by atoms with Gasteiger partial charge in [-0.05, 0) is 0 Å². The van der Waals surface area contributed by atoms with Gasteiger partial charge in [0.1, 0.15) is 0 Å². The van der Waals surface area contributed by atoms with Crippen molar-refractivity contribution >= 4 is 47.2 Å². The van der Waals surface area contributed by atoms with Crippen molar-refractivity contribution < 1.29 is 18.6 Å². The Hall–Kier alpha value is -1.06. The summed E-state index contributed by atoms with van der Waals surface area (Å²) in [7, 11) is 3.18. The fraction of sp³-hybridized carbons (Fsp3) is 0.741. The topological polar surface area (TPSA) is 52.6 Å². The molecule has 0 saturated carbocycles. The third kappa shape index (κ3) is 19.0. The Kier molecular flexibility index (Phi) is 29.3. The minimum atomic E-state index is -2.89. The molecule has 0 aliphatic rings. The van der Waals surface area contributed by atoms with E-state index in [-0.39, 0.29) is 11.9 Å². The van der Waals surface area contributed by atoms with Gasteiger partial charge in [0.15, 0.2) is 0 Å². The Morgan fingerprint density at radius 3 is 0.774 bits per heavy atom. The van der Waals surface area contributed by atoms with E-state index in [9.17, 15) is 9.59 Å². The van der Waals surface area contributed by atoms with Gasteiger partial charge in [-0.25, -0.2) is 0 Å². The van der Waals surface area contributed by atoms with Gasteiger partial charge in [0.25, 0.3) is 0 Å². The molecule has 0 saturated heterocycles. The van der Waals surface area contributed by atoms with Crippen LogP contribution in [0.15, 0.2) is 58.3 Å². The molecule has 0 amide bonds. The maximum absolute atomic E-state index is 14.9. The van der Waals surface area contributed by atoms with Crippen molar-refractivity contribution in [1.29, 1.82) is 0 Å². The van der Waals surface area contributed by atoms with Crippen LogP contribution in [0.25, 0.3) is 0 Å². The van der Waals surface area contributed by atoms with Crippen LogP contribution in [-0.2, 0) is 9.05 Å². The summed E-state index contributed by atoms with van der Waals surface area (Å²) >= 11 is 0. The predicted molar refractivity (Wildman–Crippen MR) is 284 cm³/mol. The fourth-order valence-corrected chi connectivity index (χ4v) is 25.0. The standard InChI is InChI=1S/C54H96O4P2S2/c1-9-17-29-41-59(42-30-18-10-2,43-31-19-11-3,44-32-20-12-4)57-53(55)49-37-25-27-39-51(49)61-62-52-40-28-26-38-50(52)54(56)58-60(45-33-21-13-5,46-34-22-14-6,47-35-23-15-7)48-36-24-16-8/h25-28,37-40H,9-24,29-36,41-48H2,1-8H3. The number of unbranched alkanes of at least 4 members (excludes halogenated alkanes) is 16. The van der Waals surface area contributed by atoms with E-state index in [4.69, 9.17) is 9.05 Å². The molecule has 0 radical (unpaired) electrons. The van der Waals surface area contributed by atoms with E-state index < -0.39 is 13.7 Å². The van der Waals surface area contributed by atoms with Crippen molar-refractivity contribution in [3.63, 3.8) is 0 Å². The van der Waals surface area contributed by atoms with Crippen molar-refractivity contribution in [3.05, 3.63) is 59.7 Å². The summed E-state index contributed by atoms with van der Waals surface area (Å²) in [5.74, 6) is -0.258. The molecule has 62 heavy (non-hydrogen) atoms. The molecule has 8 heteroatoms. The molecule has 4 nitrogen and oxygen atoms in total. The fourth-order valence-electron chi connectivity index (χ4n) is 9.87. The first-order valence-electron chi connectivity index (χ1n) is 26.1. The molecule has 0 atom stereocenters. The van der Waals surface area contributed by atoms with Gasteiger partial charge < -0.3 is 0 Å². The molecular formula is C54H96O4P2S2. The number of rotatable bonds is 39. The van der Waals surface area contributed by atoms with Crippen LogP contribution in [0.5, 0.6) is 0 Å². The molecule has 0 N–H and O–H groups in total. The predicted octanol–water partition coefficient (Wildman–Crippen LogP) is 19.3. The summed E-state index contributed by atoms with van der Waals surface area (Å²) in [5.41, 5.74) is 1.33. The van der Waals surface area contributed by atoms with Crippen LogP contribution in [-0.4, -0.2) is 61.2 Å². The Bertz CT molecular complexity index is 1300. The first-order valence-corrected chi connectivity index (χ1v) is 34.0. The molecule has 0 aromatic heterocycles. The number of hydrogen-bond acceptors (Lipinski definition) is 6. The Morgan fingerprint density at radius 2 is 0.565 bits per heavy atom. The second-order valence-electron chi connectivity index (χ2n) is 19.1. The van der Waals surface area contributed by atoms with Gasteiger partial charge in [0.05, 0.1) is 0 Å². The van der Waals surface area contributed by atoms with Crippen LogP contribution in [0.1, 0.15) is 230 Å². The van der Waals surface area contributed by atoms with Crippen LogP contribution >= 0.6 is 35.2 Å². The molecule has 2 rings (SSSR count). The summed E-state index contributed by atoms with van der Waals surface area (Å²) in [5, 5.41) is 0. The van der Waals surface area contributed by atoms with Crippen LogP contribution < -0.4 is 0 Å². The van der Waals surface area contributed by atoms with Gasteiger partial charge in [0, 0.05) is 0 Å². The third-order valence-corrected chi connectivity index (χ3v) is 29.2. The van der Waals surface area contributed by atoms with E-state index in [0.29, 0.717) is 11.1 Å². The molecule has 358 valence electrons. The minimum absolute atomic E-state index is 0.129. The molecule has 0 heterocycles. The quantitative estimate of drug-likeness (QED) is 0.0378. The van der Waals surface area contributed by atoms with Crippen molar-refractivity contribution in [2.45, 2.75) is 219 Å². The first-order chi connectivity index (χ1) is 30.1. The van der Waals surface area contributed by atoms with Crippen LogP contribution in [0.2, 0.25) is 0 Å². The van der Waals surface area contributed by atoms with Crippen LogP contribution in [0.3, 0.4) is 0 Å². The van der Waals surface area contributed by atoms with E-state index in [0.717, 1.165) is 110 Å². The van der Waals surface area contributed by atoms with Crippen molar-refractivity contribution in [1.82, 2.24) is 0 Å². The van der Waals surface area contributed by atoms with E-state index >= 15 is 0 Å². The zero-order chi connectivity index (χ0) is 45.5. The number of hydrogen-bond donors (Lipinski definition) is 0. The van der Waals surface area contributed by atoms with E-state index in [1.807, 2.05) is 36.4 Å². The molecule has 2 aromatic carbocycles. The first kappa shape index (κ1) is 57.1. The van der Waals surface area contributed by atoms with Gasteiger partial charge in [-0.15, -0.1) is 0 Å². The van der Waals surface area contributed by atoms with Crippen LogP contribution in [0.4, 0.5) is 0 Å². The molecule has 2 aromatic rings. The summed E-state index contributed by atoms with van der Waals surface area (Å²) in [4.78, 5) is 31.7. The van der Waals surface area contributed by atoms with Gasteiger partial charge in [-0.2, -0.15) is 0 Å². The molecule has 0 aliphatic heterocycles.